The molecule has 7 N–H and O–H groups in total. The fourth-order valence-electron chi connectivity index (χ4n) is 5.67. The summed E-state index contributed by atoms with van der Waals surface area (Å²) in [6.07, 6.45) is 21.0. The monoisotopic (exact) mass is 761 g/mol. The van der Waals surface area contributed by atoms with Crippen molar-refractivity contribution in [3.63, 3.8) is 0 Å². The first-order valence-corrected chi connectivity index (χ1v) is 20.5. The molecule has 0 radical (unpaired) electrons. The van der Waals surface area contributed by atoms with Gasteiger partial charge in [-0.1, -0.05) is 107 Å². The predicted octanol–water partition coefficient (Wildman–Crippen LogP) is 4.73. The van der Waals surface area contributed by atoms with Gasteiger partial charge < -0.3 is 40.3 Å². The van der Waals surface area contributed by atoms with Crippen LogP contribution in [0.15, 0.2) is 48.6 Å². The third-order valence-electron chi connectivity index (χ3n) is 8.76. The number of carbonyl (C=O) groups is 1. The molecular weight excluding hydrogens is 694 g/mol. The number of aliphatic hydroxyl groups excluding tert-OH is 5. The zero-order valence-corrected chi connectivity index (χ0v) is 32.0. The summed E-state index contributed by atoms with van der Waals surface area (Å²) < 4.78 is 47.1. The van der Waals surface area contributed by atoms with Gasteiger partial charge in [0.05, 0.1) is 25.4 Å². The number of amides is 1. The van der Waals surface area contributed by atoms with E-state index in [1.165, 1.54) is 31.8 Å². The highest BCUT2D eigenvalue weighted by Crippen LogP contribution is 2.26. The van der Waals surface area contributed by atoms with Crippen LogP contribution in [0.3, 0.4) is 0 Å². The fourth-order valence-corrected chi connectivity index (χ4v) is 6.18. The first-order chi connectivity index (χ1) is 24.9. The second-order valence-corrected chi connectivity index (χ2v) is 14.3. The van der Waals surface area contributed by atoms with E-state index in [0.29, 0.717) is 12.8 Å². The minimum atomic E-state index is -5.12. The average molecular weight is 762 g/mol. The summed E-state index contributed by atoms with van der Waals surface area (Å²) in [6.45, 7) is 2.89. The normalized spacial score (nSPS) is 23.3. The van der Waals surface area contributed by atoms with Crippen LogP contribution in [-0.4, -0.2) is 107 Å². The van der Waals surface area contributed by atoms with E-state index in [4.69, 9.17) is 14.0 Å². The number of unbranched alkanes of at least 4 members (excludes halogenated alkanes) is 12. The van der Waals surface area contributed by atoms with Crippen LogP contribution in [-0.2, 0) is 28.9 Å². The van der Waals surface area contributed by atoms with Crippen LogP contribution in [0.25, 0.3) is 0 Å². The van der Waals surface area contributed by atoms with Crippen molar-refractivity contribution in [1.29, 1.82) is 0 Å². The molecule has 0 aromatic rings. The van der Waals surface area contributed by atoms with Crippen molar-refractivity contribution in [3.8, 4) is 0 Å². The van der Waals surface area contributed by atoms with Crippen molar-refractivity contribution in [2.75, 3.05) is 13.2 Å². The SMILES string of the molecule is C/C=C/CC/C=C/CC/C=C/C(O)C(COC1OC(CO)C(O)C(OS(=O)(=O)O)C1O)NC(=O)C(O)CCCCCCCC/C=C\CCCCCC. The van der Waals surface area contributed by atoms with Crippen LogP contribution in [0, 0.1) is 0 Å². The van der Waals surface area contributed by atoms with Gasteiger partial charge in [-0.05, 0) is 64.7 Å². The van der Waals surface area contributed by atoms with Crippen molar-refractivity contribution < 1.29 is 57.0 Å². The van der Waals surface area contributed by atoms with Crippen LogP contribution in [0.1, 0.15) is 123 Å². The summed E-state index contributed by atoms with van der Waals surface area (Å²) in [6, 6.07) is -1.14. The Morgan fingerprint density at radius 1 is 0.808 bits per heavy atom. The average Bonchev–Trinajstić information content (AvgIpc) is 3.11. The van der Waals surface area contributed by atoms with E-state index in [0.717, 1.165) is 64.2 Å². The van der Waals surface area contributed by atoms with E-state index >= 15 is 0 Å². The quantitative estimate of drug-likeness (QED) is 0.0301. The van der Waals surface area contributed by atoms with Gasteiger partial charge in [-0.2, -0.15) is 8.42 Å². The summed E-state index contributed by atoms with van der Waals surface area (Å²) >= 11 is 0. The van der Waals surface area contributed by atoms with E-state index in [9.17, 15) is 38.7 Å². The van der Waals surface area contributed by atoms with Gasteiger partial charge in [-0.3, -0.25) is 9.35 Å². The first-order valence-electron chi connectivity index (χ1n) is 19.1. The molecule has 14 heteroatoms. The summed E-state index contributed by atoms with van der Waals surface area (Å²) in [4.78, 5) is 13.0. The Morgan fingerprint density at radius 3 is 1.96 bits per heavy atom. The number of carbonyl (C=O) groups excluding carboxylic acids is 1. The summed E-state index contributed by atoms with van der Waals surface area (Å²) in [5.41, 5.74) is 0. The van der Waals surface area contributed by atoms with E-state index < -0.39 is 78.5 Å². The van der Waals surface area contributed by atoms with Gasteiger partial charge in [0.25, 0.3) is 0 Å². The summed E-state index contributed by atoms with van der Waals surface area (Å²) in [5.74, 6) is -0.729. The molecule has 302 valence electrons. The van der Waals surface area contributed by atoms with Crippen LogP contribution in [0.2, 0.25) is 0 Å². The molecule has 1 amide bonds. The molecule has 8 unspecified atom stereocenters. The summed E-state index contributed by atoms with van der Waals surface area (Å²) in [7, 11) is -5.12. The van der Waals surface area contributed by atoms with Gasteiger partial charge in [0, 0.05) is 0 Å². The number of hydrogen-bond acceptors (Lipinski definition) is 11. The van der Waals surface area contributed by atoms with Crippen LogP contribution in [0.5, 0.6) is 0 Å². The topological polar surface area (TPSA) is 212 Å². The van der Waals surface area contributed by atoms with Gasteiger partial charge in [0.1, 0.15) is 30.5 Å². The number of aliphatic hydroxyl groups is 5. The lowest BCUT2D eigenvalue weighted by Gasteiger charge is -2.41. The minimum Gasteiger partial charge on any atom is -0.394 e. The Hall–Kier alpha value is -1.98. The maximum Gasteiger partial charge on any atom is 0.397 e. The molecular formula is C38H67NO12S. The first kappa shape index (κ1) is 48.0. The zero-order valence-electron chi connectivity index (χ0n) is 31.2. The van der Waals surface area contributed by atoms with Crippen LogP contribution < -0.4 is 5.32 Å². The van der Waals surface area contributed by atoms with Gasteiger partial charge in [-0.15, -0.1) is 0 Å². The molecule has 1 saturated heterocycles. The van der Waals surface area contributed by atoms with Crippen molar-refractivity contribution in [2.24, 2.45) is 0 Å². The maximum atomic E-state index is 13.0. The molecule has 1 aliphatic heterocycles. The largest absolute Gasteiger partial charge is 0.397 e. The highest BCUT2D eigenvalue weighted by Gasteiger charge is 2.48. The highest BCUT2D eigenvalue weighted by molar-refractivity contribution is 7.80. The van der Waals surface area contributed by atoms with E-state index in [-0.39, 0.29) is 6.42 Å². The Kier molecular flexibility index (Phi) is 27.1. The molecule has 1 aliphatic rings. The molecule has 13 nitrogen and oxygen atoms in total. The van der Waals surface area contributed by atoms with E-state index in [2.05, 4.69) is 40.7 Å². The van der Waals surface area contributed by atoms with Crippen LogP contribution >= 0.6 is 0 Å². The Balaban J connectivity index is 2.70. The number of nitrogens with one attached hydrogen (secondary N) is 1. The van der Waals surface area contributed by atoms with Crippen molar-refractivity contribution in [3.05, 3.63) is 48.6 Å². The smallest absolute Gasteiger partial charge is 0.394 e. The van der Waals surface area contributed by atoms with Gasteiger partial charge >= 0.3 is 10.4 Å². The van der Waals surface area contributed by atoms with Gasteiger partial charge in [0.15, 0.2) is 6.29 Å². The lowest BCUT2D eigenvalue weighted by molar-refractivity contribution is -0.298. The summed E-state index contributed by atoms with van der Waals surface area (Å²) in [5, 5.41) is 54.7. The Labute approximate surface area is 311 Å². The molecule has 0 aromatic heterocycles. The highest BCUT2D eigenvalue weighted by atomic mass is 32.3. The van der Waals surface area contributed by atoms with E-state index in [1.807, 2.05) is 19.1 Å². The maximum absolute atomic E-state index is 13.0. The van der Waals surface area contributed by atoms with Crippen molar-refractivity contribution in [1.82, 2.24) is 5.32 Å². The predicted molar refractivity (Wildman–Crippen MR) is 200 cm³/mol. The number of hydrogen-bond donors (Lipinski definition) is 7. The third-order valence-corrected chi connectivity index (χ3v) is 9.23. The molecule has 0 aliphatic carbocycles. The number of rotatable bonds is 30. The molecule has 1 fully saturated rings. The van der Waals surface area contributed by atoms with E-state index in [1.54, 1.807) is 6.08 Å². The lowest BCUT2D eigenvalue weighted by atomic mass is 9.99. The molecule has 0 spiro atoms. The lowest BCUT2D eigenvalue weighted by Crippen LogP contribution is -2.61. The van der Waals surface area contributed by atoms with Gasteiger partial charge in [0.2, 0.25) is 5.91 Å². The Bertz CT molecular complexity index is 1140. The Morgan fingerprint density at radius 2 is 1.37 bits per heavy atom. The second-order valence-electron chi connectivity index (χ2n) is 13.3. The van der Waals surface area contributed by atoms with Gasteiger partial charge in [-0.25, -0.2) is 4.18 Å². The number of ether oxygens (including phenoxy) is 2. The molecule has 52 heavy (non-hydrogen) atoms. The van der Waals surface area contributed by atoms with Crippen molar-refractivity contribution >= 4 is 16.3 Å². The molecule has 0 saturated carbocycles. The third kappa shape index (κ3) is 22.3. The standard InChI is InChI=1S/C38H67NO12S/c1-3-5-7-9-11-13-14-15-16-17-19-21-23-25-27-32(42)37(45)39-30(31(41)26-24-22-20-18-12-10-8-6-4-2)29-49-38-35(44)36(51-52(46,47)48)34(43)33(28-40)50-38/h4,6,12-14,18,24,26,30-36,38,40-44H,3,5,7-11,15-17,19-23,25,27-29H2,1-2H3,(H,39,45)(H,46,47,48)/b6-4+,14-13-,18-12+,26-24+. The second kappa shape index (κ2) is 29.4. The molecule has 1 rings (SSSR count). The molecule has 0 bridgehead atoms. The van der Waals surface area contributed by atoms with Crippen molar-refractivity contribution in [2.45, 2.75) is 172 Å². The zero-order chi connectivity index (χ0) is 38.6. The van der Waals surface area contributed by atoms with Crippen LogP contribution in [0.4, 0.5) is 0 Å². The number of allylic oxidation sites excluding steroid dienone is 7. The fraction of sp³-hybridized carbons (Fsp3) is 0.763. The molecule has 1 heterocycles. The molecule has 0 aromatic carbocycles. The molecule has 8 atom stereocenters. The minimum absolute atomic E-state index is 0.224.